The zero-order valence-electron chi connectivity index (χ0n) is 24.8. The fourth-order valence-electron chi connectivity index (χ4n) is 6.79. The number of benzene rings is 2. The van der Waals surface area contributed by atoms with E-state index >= 15 is 0 Å². The highest BCUT2D eigenvalue weighted by Gasteiger charge is 2.31. The topological polar surface area (TPSA) is 0 Å². The van der Waals surface area contributed by atoms with Gasteiger partial charge in [0.05, 0.1) is 0 Å². The molecule has 0 unspecified atom stereocenters. The number of allylic oxidation sites excluding steroid dienone is 8. The monoisotopic (exact) mass is 518 g/mol. The van der Waals surface area contributed by atoms with Crippen molar-refractivity contribution in [1.29, 1.82) is 0 Å². The van der Waals surface area contributed by atoms with Crippen molar-refractivity contribution in [3.63, 3.8) is 0 Å². The molecular weight excluding hydrogens is 468 g/mol. The van der Waals surface area contributed by atoms with Gasteiger partial charge in [-0.2, -0.15) is 0 Å². The van der Waals surface area contributed by atoms with Crippen LogP contribution in [0.5, 0.6) is 0 Å². The Kier molecular flexibility index (Phi) is 10.1. The average Bonchev–Trinajstić information content (AvgIpc) is 3.64. The maximum atomic E-state index is 2.50. The number of rotatable bonds is 16. The first-order chi connectivity index (χ1) is 19.2. The van der Waals surface area contributed by atoms with Gasteiger partial charge in [-0.15, -0.1) is 0 Å². The molecule has 0 bridgehead atoms. The third-order valence-electron chi connectivity index (χ3n) is 9.24. The Balaban J connectivity index is 1.07. The van der Waals surface area contributed by atoms with Gasteiger partial charge in [-0.1, -0.05) is 139 Å². The van der Waals surface area contributed by atoms with Gasteiger partial charge in [-0.25, -0.2) is 0 Å². The van der Waals surface area contributed by atoms with Gasteiger partial charge in [-0.3, -0.25) is 0 Å². The van der Waals surface area contributed by atoms with E-state index in [0.29, 0.717) is 0 Å². The highest BCUT2D eigenvalue weighted by molar-refractivity contribution is 5.85. The van der Waals surface area contributed by atoms with Crippen molar-refractivity contribution in [1.82, 2.24) is 0 Å². The van der Waals surface area contributed by atoms with Crippen LogP contribution < -0.4 is 0 Å². The second-order valence-corrected chi connectivity index (χ2v) is 12.3. The molecule has 206 valence electrons. The number of hydrogen-bond acceptors (Lipinski definition) is 0. The fourth-order valence-corrected chi connectivity index (χ4v) is 6.79. The third kappa shape index (κ3) is 7.33. The summed E-state index contributed by atoms with van der Waals surface area (Å²) in [5.41, 5.74) is 15.3. The van der Waals surface area contributed by atoms with Crippen molar-refractivity contribution in [3.05, 3.63) is 105 Å². The van der Waals surface area contributed by atoms with Gasteiger partial charge >= 0.3 is 0 Å². The lowest BCUT2D eigenvalue weighted by atomic mass is 9.94. The molecule has 0 fully saturated rings. The van der Waals surface area contributed by atoms with Gasteiger partial charge in [0.2, 0.25) is 0 Å². The summed E-state index contributed by atoms with van der Waals surface area (Å²) in [4.78, 5) is 0. The lowest BCUT2D eigenvalue weighted by Crippen LogP contribution is -1.91. The highest BCUT2D eigenvalue weighted by Crippen LogP contribution is 2.51. The van der Waals surface area contributed by atoms with Crippen LogP contribution in [0.3, 0.4) is 0 Å². The van der Waals surface area contributed by atoms with E-state index in [0.717, 1.165) is 19.3 Å². The maximum absolute atomic E-state index is 2.50. The van der Waals surface area contributed by atoms with Crippen molar-refractivity contribution in [2.75, 3.05) is 0 Å². The molecule has 2 aromatic rings. The Hall–Kier alpha value is -2.60. The molecular formula is C39H50. The summed E-state index contributed by atoms with van der Waals surface area (Å²) in [5, 5.41) is 0. The molecule has 0 heteroatoms. The molecule has 0 aromatic heterocycles. The second kappa shape index (κ2) is 14.2. The molecule has 0 radical (unpaired) electrons. The molecule has 0 atom stereocenters. The second-order valence-electron chi connectivity index (χ2n) is 12.3. The fraction of sp³-hybridized carbons (Fsp3) is 0.487. The first-order valence-electron chi connectivity index (χ1n) is 16.3. The summed E-state index contributed by atoms with van der Waals surface area (Å²) in [6, 6.07) is 19.0. The number of fused-ring (bicyclic) bond motifs is 1. The van der Waals surface area contributed by atoms with Gasteiger partial charge in [-0.05, 0) is 101 Å². The Morgan fingerprint density at radius 2 is 0.821 bits per heavy atom. The predicted octanol–water partition coefficient (Wildman–Crippen LogP) is 11.8. The molecule has 3 aliphatic carbocycles. The van der Waals surface area contributed by atoms with Crippen molar-refractivity contribution in [2.24, 2.45) is 0 Å². The SMILES string of the molecule is CCCCCCCCc1ccc(C2=CC3=C(C2)C2=C(C=C(c4ccc(CCCCCCCC)cc4)C2)C3)cc1. The summed E-state index contributed by atoms with van der Waals surface area (Å²) in [5.74, 6) is 0. The van der Waals surface area contributed by atoms with E-state index in [9.17, 15) is 0 Å². The molecule has 5 rings (SSSR count). The Bertz CT molecular complexity index is 1110. The first kappa shape index (κ1) is 27.9. The van der Waals surface area contributed by atoms with Crippen LogP contribution in [0, 0.1) is 0 Å². The molecule has 2 aromatic carbocycles. The van der Waals surface area contributed by atoms with Crippen LogP contribution in [-0.2, 0) is 12.8 Å². The summed E-state index contributed by atoms with van der Waals surface area (Å²) in [6.07, 6.45) is 27.3. The molecule has 0 spiro atoms. The molecule has 0 saturated carbocycles. The zero-order chi connectivity index (χ0) is 26.9. The van der Waals surface area contributed by atoms with Crippen molar-refractivity contribution < 1.29 is 0 Å². The van der Waals surface area contributed by atoms with Crippen LogP contribution in [0.25, 0.3) is 11.1 Å². The van der Waals surface area contributed by atoms with Crippen LogP contribution in [0.2, 0.25) is 0 Å². The maximum Gasteiger partial charge on any atom is -0.00139 e. The van der Waals surface area contributed by atoms with Gasteiger partial charge in [0, 0.05) is 0 Å². The number of hydrogen-bond donors (Lipinski definition) is 0. The lowest BCUT2D eigenvalue weighted by Gasteiger charge is -2.10. The molecule has 0 nitrogen and oxygen atoms in total. The molecule has 0 N–H and O–H groups in total. The van der Waals surface area contributed by atoms with Gasteiger partial charge in [0.15, 0.2) is 0 Å². The molecule has 39 heavy (non-hydrogen) atoms. The summed E-state index contributed by atoms with van der Waals surface area (Å²) in [7, 11) is 0. The van der Waals surface area contributed by atoms with E-state index in [-0.39, 0.29) is 0 Å². The van der Waals surface area contributed by atoms with E-state index in [1.165, 1.54) is 123 Å². The van der Waals surface area contributed by atoms with Crippen LogP contribution in [-0.4, -0.2) is 0 Å². The van der Waals surface area contributed by atoms with Gasteiger partial charge in [0.1, 0.15) is 0 Å². The van der Waals surface area contributed by atoms with E-state index in [1.54, 1.807) is 22.3 Å². The lowest BCUT2D eigenvalue weighted by molar-refractivity contribution is 0.607. The Morgan fingerprint density at radius 3 is 1.23 bits per heavy atom. The molecule has 3 aliphatic rings. The minimum atomic E-state index is 1.11. The normalized spacial score (nSPS) is 16.2. The van der Waals surface area contributed by atoms with E-state index < -0.39 is 0 Å². The molecule has 0 aliphatic heterocycles. The van der Waals surface area contributed by atoms with Crippen LogP contribution in [0.15, 0.2) is 83.0 Å². The zero-order valence-corrected chi connectivity index (χ0v) is 24.8. The van der Waals surface area contributed by atoms with E-state index in [4.69, 9.17) is 0 Å². The Morgan fingerprint density at radius 1 is 0.436 bits per heavy atom. The smallest absolute Gasteiger partial charge is 0.00139 e. The molecule has 0 saturated heterocycles. The first-order valence-corrected chi connectivity index (χ1v) is 16.3. The van der Waals surface area contributed by atoms with Gasteiger partial charge in [0.25, 0.3) is 0 Å². The van der Waals surface area contributed by atoms with Crippen LogP contribution >= 0.6 is 0 Å². The number of unbranched alkanes of at least 4 members (excludes halogenated alkanes) is 10. The van der Waals surface area contributed by atoms with Crippen molar-refractivity contribution in [3.8, 4) is 0 Å². The highest BCUT2D eigenvalue weighted by atomic mass is 14.4. The third-order valence-corrected chi connectivity index (χ3v) is 9.24. The Labute approximate surface area is 239 Å². The largest absolute Gasteiger partial charge is 0.0654 e. The van der Waals surface area contributed by atoms with Gasteiger partial charge < -0.3 is 0 Å². The standard InChI is InChI=1S/C39H50/c1-3-5-7-9-11-13-15-30-17-21-32(22-18-30)34-25-36-27-37-26-35(29-39(37)38(36)28-34)33-23-19-31(20-24-33)16-14-12-10-8-6-4-2/h17-26H,3-16,27-29H2,1-2H3. The van der Waals surface area contributed by atoms with Crippen molar-refractivity contribution in [2.45, 2.75) is 123 Å². The molecule has 0 heterocycles. The molecule has 0 amide bonds. The van der Waals surface area contributed by atoms with E-state index in [1.807, 2.05) is 0 Å². The number of aryl methyl sites for hydroxylation is 2. The van der Waals surface area contributed by atoms with Crippen LogP contribution in [0.4, 0.5) is 0 Å². The summed E-state index contributed by atoms with van der Waals surface area (Å²) < 4.78 is 0. The quantitative estimate of drug-likeness (QED) is 0.194. The summed E-state index contributed by atoms with van der Waals surface area (Å²) in [6.45, 7) is 4.58. The minimum Gasteiger partial charge on any atom is -0.0654 e. The average molecular weight is 519 g/mol. The van der Waals surface area contributed by atoms with E-state index in [2.05, 4.69) is 74.5 Å². The predicted molar refractivity (Wildman–Crippen MR) is 171 cm³/mol. The minimum absolute atomic E-state index is 1.11. The summed E-state index contributed by atoms with van der Waals surface area (Å²) >= 11 is 0. The van der Waals surface area contributed by atoms with Crippen LogP contribution in [0.1, 0.15) is 132 Å². The van der Waals surface area contributed by atoms with Crippen molar-refractivity contribution >= 4 is 11.1 Å².